The van der Waals surface area contributed by atoms with Crippen molar-refractivity contribution in [3.05, 3.63) is 59.7 Å². The van der Waals surface area contributed by atoms with E-state index >= 15 is 0 Å². The first kappa shape index (κ1) is 20.0. The molecule has 2 aromatic rings. The molecule has 0 aliphatic heterocycles. The molecule has 2 rings (SSSR count). The van der Waals surface area contributed by atoms with Gasteiger partial charge < -0.3 is 14.8 Å². The van der Waals surface area contributed by atoms with E-state index in [1.807, 2.05) is 44.2 Å². The molecule has 0 atom stereocenters. The number of ether oxygens (including phenoxy) is 2. The maximum atomic E-state index is 11.8. The quantitative estimate of drug-likeness (QED) is 0.731. The van der Waals surface area contributed by atoms with Crippen molar-refractivity contribution < 1.29 is 23.9 Å². The van der Waals surface area contributed by atoms with Crippen LogP contribution in [0.3, 0.4) is 0 Å². The summed E-state index contributed by atoms with van der Waals surface area (Å²) in [5, 5.41) is 4.69. The van der Waals surface area contributed by atoms with Crippen LogP contribution in [0.5, 0.6) is 5.75 Å². The third-order valence-electron chi connectivity index (χ3n) is 3.57. The maximum Gasteiger partial charge on any atom is 0.325 e. The van der Waals surface area contributed by atoms with Gasteiger partial charge >= 0.3 is 12.0 Å². The topological polar surface area (TPSA) is 93.7 Å². The number of para-hydroxylation sites is 1. The fourth-order valence-corrected chi connectivity index (χ4v) is 2.26. The minimum atomic E-state index is -0.713. The number of carbonyl (C=O) groups excluding carboxylic acids is 3. The van der Waals surface area contributed by atoms with E-state index < -0.39 is 24.5 Å². The van der Waals surface area contributed by atoms with E-state index in [-0.39, 0.29) is 13.0 Å². The SMILES string of the molecule is Cc1ccc(NC(=O)NC(=O)COC(=O)CCOc2ccccc2)c(C)c1. The average Bonchev–Trinajstić information content (AvgIpc) is 2.63. The van der Waals surface area contributed by atoms with Crippen molar-refractivity contribution in [3.8, 4) is 5.75 Å². The first-order chi connectivity index (χ1) is 12.9. The highest BCUT2D eigenvalue weighted by atomic mass is 16.5. The summed E-state index contributed by atoms with van der Waals surface area (Å²) in [5.74, 6) is -0.656. The molecule has 0 saturated carbocycles. The molecule has 0 saturated heterocycles. The summed E-state index contributed by atoms with van der Waals surface area (Å²) in [4.78, 5) is 35.1. The third-order valence-corrected chi connectivity index (χ3v) is 3.57. The van der Waals surface area contributed by atoms with Gasteiger partial charge in [0, 0.05) is 5.69 Å². The number of amides is 3. The minimum absolute atomic E-state index is 0.00304. The molecular formula is C20H22N2O5. The average molecular weight is 370 g/mol. The van der Waals surface area contributed by atoms with Crippen LogP contribution in [0.2, 0.25) is 0 Å². The predicted octanol–water partition coefficient (Wildman–Crippen LogP) is 2.96. The molecule has 0 bridgehead atoms. The molecule has 0 radical (unpaired) electrons. The molecule has 2 N–H and O–H groups in total. The zero-order chi connectivity index (χ0) is 19.6. The fourth-order valence-electron chi connectivity index (χ4n) is 2.26. The van der Waals surface area contributed by atoms with E-state index in [0.717, 1.165) is 11.1 Å². The van der Waals surface area contributed by atoms with Crippen molar-refractivity contribution in [2.24, 2.45) is 0 Å². The standard InChI is InChI=1S/C20H22N2O5/c1-14-8-9-17(15(2)12-14)21-20(25)22-18(23)13-27-19(24)10-11-26-16-6-4-3-5-7-16/h3-9,12H,10-11,13H2,1-2H3,(H2,21,22,23,25). The highest BCUT2D eigenvalue weighted by Crippen LogP contribution is 2.15. The van der Waals surface area contributed by atoms with Crippen LogP contribution >= 0.6 is 0 Å². The Bertz CT molecular complexity index is 805. The summed E-state index contributed by atoms with van der Waals surface area (Å²) < 4.78 is 10.2. The number of urea groups is 1. The lowest BCUT2D eigenvalue weighted by Crippen LogP contribution is -2.37. The molecule has 0 heterocycles. The number of esters is 1. The molecule has 0 fully saturated rings. The van der Waals surface area contributed by atoms with E-state index in [4.69, 9.17) is 9.47 Å². The van der Waals surface area contributed by atoms with Gasteiger partial charge in [0.1, 0.15) is 5.75 Å². The fraction of sp³-hybridized carbons (Fsp3) is 0.250. The van der Waals surface area contributed by atoms with Gasteiger partial charge in [0.05, 0.1) is 13.0 Å². The van der Waals surface area contributed by atoms with E-state index in [1.54, 1.807) is 18.2 Å². The Hall–Kier alpha value is -3.35. The number of aryl methyl sites for hydroxylation is 2. The van der Waals surface area contributed by atoms with Gasteiger partial charge in [-0.3, -0.25) is 14.9 Å². The van der Waals surface area contributed by atoms with Gasteiger partial charge in [0.15, 0.2) is 6.61 Å². The molecule has 7 nitrogen and oxygen atoms in total. The summed E-state index contributed by atoms with van der Waals surface area (Å²) in [5.41, 5.74) is 2.54. The van der Waals surface area contributed by atoms with Crippen molar-refractivity contribution in [2.75, 3.05) is 18.5 Å². The molecule has 0 aromatic heterocycles. The van der Waals surface area contributed by atoms with Gasteiger partial charge in [-0.25, -0.2) is 4.79 Å². The first-order valence-electron chi connectivity index (χ1n) is 8.45. The van der Waals surface area contributed by atoms with Crippen LogP contribution in [-0.4, -0.2) is 31.1 Å². The van der Waals surface area contributed by atoms with Crippen molar-refractivity contribution in [1.29, 1.82) is 0 Å². The highest BCUT2D eigenvalue weighted by molar-refractivity contribution is 6.02. The molecule has 0 aliphatic carbocycles. The Labute approximate surface area is 157 Å². The summed E-state index contributed by atoms with van der Waals surface area (Å²) in [6, 6.07) is 13.9. The number of hydrogen-bond donors (Lipinski definition) is 2. The number of anilines is 1. The molecule has 2 aromatic carbocycles. The second-order valence-corrected chi connectivity index (χ2v) is 5.89. The highest BCUT2D eigenvalue weighted by Gasteiger charge is 2.12. The minimum Gasteiger partial charge on any atom is -0.493 e. The summed E-state index contributed by atoms with van der Waals surface area (Å²) in [6.45, 7) is 3.39. The van der Waals surface area contributed by atoms with Gasteiger partial charge in [-0.15, -0.1) is 0 Å². The largest absolute Gasteiger partial charge is 0.493 e. The van der Waals surface area contributed by atoms with E-state index in [2.05, 4.69) is 10.6 Å². The van der Waals surface area contributed by atoms with Gasteiger partial charge in [0.2, 0.25) is 0 Å². The number of hydrogen-bond acceptors (Lipinski definition) is 5. The molecule has 142 valence electrons. The zero-order valence-corrected chi connectivity index (χ0v) is 15.3. The van der Waals surface area contributed by atoms with E-state index in [9.17, 15) is 14.4 Å². The van der Waals surface area contributed by atoms with Crippen molar-refractivity contribution in [1.82, 2.24) is 5.32 Å². The predicted molar refractivity (Wildman–Crippen MR) is 101 cm³/mol. The van der Waals surface area contributed by atoms with Gasteiger partial charge in [-0.05, 0) is 37.6 Å². The normalized spacial score (nSPS) is 10.0. The number of nitrogens with one attached hydrogen (secondary N) is 2. The van der Waals surface area contributed by atoms with Crippen LogP contribution in [0.1, 0.15) is 17.5 Å². The Morgan fingerprint density at radius 2 is 1.74 bits per heavy atom. The lowest BCUT2D eigenvalue weighted by atomic mass is 10.1. The lowest BCUT2D eigenvalue weighted by Gasteiger charge is -2.10. The zero-order valence-electron chi connectivity index (χ0n) is 15.3. The van der Waals surface area contributed by atoms with E-state index in [0.29, 0.717) is 11.4 Å². The lowest BCUT2D eigenvalue weighted by molar-refractivity contribution is -0.148. The van der Waals surface area contributed by atoms with Crippen LogP contribution in [0.4, 0.5) is 10.5 Å². The number of rotatable bonds is 7. The second-order valence-electron chi connectivity index (χ2n) is 5.89. The number of imide groups is 1. The number of carbonyl (C=O) groups is 3. The molecular weight excluding hydrogens is 348 g/mol. The third kappa shape index (κ3) is 7.19. The molecule has 0 unspecified atom stereocenters. The monoisotopic (exact) mass is 370 g/mol. The van der Waals surface area contributed by atoms with Crippen LogP contribution < -0.4 is 15.4 Å². The first-order valence-corrected chi connectivity index (χ1v) is 8.45. The van der Waals surface area contributed by atoms with E-state index in [1.165, 1.54) is 0 Å². The summed E-state index contributed by atoms with van der Waals surface area (Å²) in [6.07, 6.45) is -0.00304. The molecule has 3 amide bonds. The Kier molecular flexibility index (Phi) is 7.37. The van der Waals surface area contributed by atoms with Gasteiger partial charge in [-0.1, -0.05) is 35.9 Å². The molecule has 7 heteroatoms. The second kappa shape index (κ2) is 9.96. The van der Waals surface area contributed by atoms with Crippen LogP contribution in [0, 0.1) is 13.8 Å². The van der Waals surface area contributed by atoms with Crippen molar-refractivity contribution >= 4 is 23.6 Å². The summed E-state index contributed by atoms with van der Waals surface area (Å²) in [7, 11) is 0. The molecule has 27 heavy (non-hydrogen) atoms. The Morgan fingerprint density at radius 1 is 1.00 bits per heavy atom. The van der Waals surface area contributed by atoms with Crippen LogP contribution in [0.15, 0.2) is 48.5 Å². The van der Waals surface area contributed by atoms with Crippen LogP contribution in [-0.2, 0) is 14.3 Å². The molecule has 0 spiro atoms. The van der Waals surface area contributed by atoms with Crippen molar-refractivity contribution in [3.63, 3.8) is 0 Å². The van der Waals surface area contributed by atoms with Gasteiger partial charge in [-0.2, -0.15) is 0 Å². The van der Waals surface area contributed by atoms with Crippen molar-refractivity contribution in [2.45, 2.75) is 20.3 Å². The Balaban J connectivity index is 1.66. The smallest absolute Gasteiger partial charge is 0.325 e. The maximum absolute atomic E-state index is 11.8. The Morgan fingerprint density at radius 3 is 2.44 bits per heavy atom. The summed E-state index contributed by atoms with van der Waals surface area (Å²) >= 11 is 0. The molecule has 0 aliphatic rings. The number of benzene rings is 2. The van der Waals surface area contributed by atoms with Crippen LogP contribution in [0.25, 0.3) is 0 Å². The van der Waals surface area contributed by atoms with Gasteiger partial charge in [0.25, 0.3) is 5.91 Å².